The summed E-state index contributed by atoms with van der Waals surface area (Å²) in [6.07, 6.45) is 4.58. The van der Waals surface area contributed by atoms with Crippen LogP contribution in [0.1, 0.15) is 11.1 Å². The predicted molar refractivity (Wildman–Crippen MR) is 109 cm³/mol. The number of hydrogen-bond donors (Lipinski definition) is 1. The molecule has 0 saturated carbocycles. The molecule has 1 aliphatic rings. The molecule has 142 valence electrons. The quantitative estimate of drug-likeness (QED) is 0.737. The molecule has 0 bridgehead atoms. The van der Waals surface area contributed by atoms with Crippen LogP contribution in [0.15, 0.2) is 47.1 Å². The Kier molecular flexibility index (Phi) is 6.58. The molecule has 1 aromatic heterocycles. The summed E-state index contributed by atoms with van der Waals surface area (Å²) < 4.78 is 14.5. The van der Waals surface area contributed by atoms with Gasteiger partial charge in [-0.25, -0.2) is 9.37 Å². The standard InChI is InChI=1S/C20H22BrFN4O/c1-25-8-10-26(11-9-25)19-12-15(6-7-23-19)14-24-20(27)5-2-16-13-17(21)3-4-18(16)22/h2-7,12-13H,8-11,14H2,1H3,(H,24,27)/b5-2+. The topological polar surface area (TPSA) is 48.5 Å². The number of carbonyl (C=O) groups excluding carboxylic acids is 1. The highest BCUT2D eigenvalue weighted by Gasteiger charge is 2.15. The Balaban J connectivity index is 1.56. The van der Waals surface area contributed by atoms with Gasteiger partial charge in [-0.15, -0.1) is 0 Å². The molecule has 1 fully saturated rings. The average Bonchev–Trinajstić information content (AvgIpc) is 2.68. The largest absolute Gasteiger partial charge is 0.354 e. The molecule has 1 aromatic carbocycles. The van der Waals surface area contributed by atoms with Crippen LogP contribution in [-0.4, -0.2) is 49.0 Å². The lowest BCUT2D eigenvalue weighted by atomic mass is 10.2. The molecule has 3 rings (SSSR count). The van der Waals surface area contributed by atoms with Crippen molar-refractivity contribution in [3.8, 4) is 0 Å². The van der Waals surface area contributed by atoms with Crippen molar-refractivity contribution in [2.75, 3.05) is 38.1 Å². The van der Waals surface area contributed by atoms with Crippen molar-refractivity contribution in [3.63, 3.8) is 0 Å². The number of nitrogens with one attached hydrogen (secondary N) is 1. The minimum absolute atomic E-state index is 0.271. The van der Waals surface area contributed by atoms with Gasteiger partial charge in [0.1, 0.15) is 11.6 Å². The molecule has 2 heterocycles. The Morgan fingerprint density at radius 3 is 2.81 bits per heavy atom. The lowest BCUT2D eigenvalue weighted by Crippen LogP contribution is -2.44. The summed E-state index contributed by atoms with van der Waals surface area (Å²) in [7, 11) is 2.12. The molecule has 0 unspecified atom stereocenters. The van der Waals surface area contributed by atoms with Gasteiger partial charge >= 0.3 is 0 Å². The first kappa shape index (κ1) is 19.5. The zero-order valence-electron chi connectivity index (χ0n) is 15.2. The third-order valence-electron chi connectivity index (χ3n) is 4.48. The molecule has 1 aliphatic heterocycles. The van der Waals surface area contributed by atoms with Crippen molar-refractivity contribution >= 4 is 33.7 Å². The zero-order valence-corrected chi connectivity index (χ0v) is 16.7. The Hall–Kier alpha value is -2.25. The fraction of sp³-hybridized carbons (Fsp3) is 0.300. The number of rotatable bonds is 5. The van der Waals surface area contributed by atoms with E-state index in [-0.39, 0.29) is 11.7 Å². The van der Waals surface area contributed by atoms with E-state index in [1.54, 1.807) is 18.3 Å². The van der Waals surface area contributed by atoms with Crippen molar-refractivity contribution in [1.29, 1.82) is 0 Å². The number of piperazine rings is 1. The normalized spacial score (nSPS) is 15.3. The van der Waals surface area contributed by atoms with Crippen LogP contribution >= 0.6 is 15.9 Å². The van der Waals surface area contributed by atoms with Crippen LogP contribution in [-0.2, 0) is 11.3 Å². The molecule has 1 N–H and O–H groups in total. The molecule has 5 nitrogen and oxygen atoms in total. The Labute approximate surface area is 167 Å². The molecule has 0 spiro atoms. The first-order chi connectivity index (χ1) is 13.0. The Morgan fingerprint density at radius 2 is 2.04 bits per heavy atom. The number of carbonyl (C=O) groups is 1. The minimum atomic E-state index is -0.367. The van der Waals surface area contributed by atoms with Crippen molar-refractivity contribution in [2.24, 2.45) is 0 Å². The van der Waals surface area contributed by atoms with Gasteiger partial charge in [0.25, 0.3) is 0 Å². The van der Waals surface area contributed by atoms with Gasteiger partial charge < -0.3 is 15.1 Å². The van der Waals surface area contributed by atoms with Crippen molar-refractivity contribution in [1.82, 2.24) is 15.2 Å². The summed E-state index contributed by atoms with van der Waals surface area (Å²) >= 11 is 3.29. The van der Waals surface area contributed by atoms with Gasteiger partial charge in [0.05, 0.1) is 0 Å². The Bertz CT molecular complexity index is 834. The summed E-state index contributed by atoms with van der Waals surface area (Å²) in [4.78, 5) is 21.0. The van der Waals surface area contributed by atoms with Crippen LogP contribution in [0.25, 0.3) is 6.08 Å². The van der Waals surface area contributed by atoms with E-state index in [9.17, 15) is 9.18 Å². The molecule has 0 radical (unpaired) electrons. The molecule has 1 amide bonds. The maximum absolute atomic E-state index is 13.7. The number of hydrogen-bond acceptors (Lipinski definition) is 4. The van der Waals surface area contributed by atoms with E-state index in [1.165, 1.54) is 18.2 Å². The van der Waals surface area contributed by atoms with Crippen LogP contribution in [0.2, 0.25) is 0 Å². The van der Waals surface area contributed by atoms with E-state index >= 15 is 0 Å². The second-order valence-electron chi connectivity index (χ2n) is 6.53. The molecule has 7 heteroatoms. The highest BCUT2D eigenvalue weighted by Crippen LogP contribution is 2.17. The first-order valence-corrected chi connectivity index (χ1v) is 9.60. The van der Waals surface area contributed by atoms with Crippen molar-refractivity contribution < 1.29 is 9.18 Å². The average molecular weight is 433 g/mol. The number of pyridine rings is 1. The molecular weight excluding hydrogens is 411 g/mol. The number of halogens is 2. The third-order valence-corrected chi connectivity index (χ3v) is 4.97. The zero-order chi connectivity index (χ0) is 19.2. The maximum atomic E-state index is 13.7. The summed E-state index contributed by atoms with van der Waals surface area (Å²) in [5, 5.41) is 2.83. The summed E-state index contributed by atoms with van der Waals surface area (Å²) in [5.74, 6) is 0.294. The lowest BCUT2D eigenvalue weighted by molar-refractivity contribution is -0.116. The number of aromatic nitrogens is 1. The minimum Gasteiger partial charge on any atom is -0.354 e. The van der Waals surface area contributed by atoms with E-state index in [4.69, 9.17) is 0 Å². The first-order valence-electron chi connectivity index (χ1n) is 8.80. The van der Waals surface area contributed by atoms with E-state index in [0.29, 0.717) is 12.1 Å². The SMILES string of the molecule is CN1CCN(c2cc(CNC(=O)/C=C/c3cc(Br)ccc3F)ccn2)CC1. The smallest absolute Gasteiger partial charge is 0.244 e. The van der Waals surface area contributed by atoms with E-state index in [0.717, 1.165) is 42.0 Å². The second kappa shape index (κ2) is 9.10. The van der Waals surface area contributed by atoms with Crippen LogP contribution in [0.3, 0.4) is 0 Å². The fourth-order valence-corrected chi connectivity index (χ4v) is 3.21. The number of likely N-dealkylation sites (N-methyl/N-ethyl adjacent to an activating group) is 1. The number of amides is 1. The van der Waals surface area contributed by atoms with Gasteiger partial charge in [0.2, 0.25) is 5.91 Å². The summed E-state index contributed by atoms with van der Waals surface area (Å²) in [5.41, 5.74) is 1.34. The molecular formula is C20H22BrFN4O. The van der Waals surface area contributed by atoms with Crippen LogP contribution in [0.4, 0.5) is 10.2 Å². The number of nitrogens with zero attached hydrogens (tertiary/aromatic N) is 3. The summed E-state index contributed by atoms with van der Waals surface area (Å²) in [6.45, 7) is 4.31. The van der Waals surface area contributed by atoms with E-state index in [1.807, 2.05) is 12.1 Å². The molecule has 0 aliphatic carbocycles. The maximum Gasteiger partial charge on any atom is 0.244 e. The highest BCUT2D eigenvalue weighted by molar-refractivity contribution is 9.10. The summed E-state index contributed by atoms with van der Waals surface area (Å²) in [6, 6.07) is 8.50. The van der Waals surface area contributed by atoms with E-state index < -0.39 is 0 Å². The molecule has 1 saturated heterocycles. The molecule has 27 heavy (non-hydrogen) atoms. The van der Waals surface area contributed by atoms with Crippen LogP contribution in [0.5, 0.6) is 0 Å². The monoisotopic (exact) mass is 432 g/mol. The van der Waals surface area contributed by atoms with Gasteiger partial charge in [-0.3, -0.25) is 4.79 Å². The number of anilines is 1. The van der Waals surface area contributed by atoms with Gasteiger partial charge in [-0.1, -0.05) is 15.9 Å². The van der Waals surface area contributed by atoms with Crippen LogP contribution in [0, 0.1) is 5.82 Å². The van der Waals surface area contributed by atoms with Gasteiger partial charge in [-0.05, 0) is 49.0 Å². The lowest BCUT2D eigenvalue weighted by Gasteiger charge is -2.33. The highest BCUT2D eigenvalue weighted by atomic mass is 79.9. The molecule has 2 aromatic rings. The van der Waals surface area contributed by atoms with Gasteiger partial charge in [0.15, 0.2) is 0 Å². The Morgan fingerprint density at radius 1 is 1.26 bits per heavy atom. The van der Waals surface area contributed by atoms with Gasteiger partial charge in [-0.2, -0.15) is 0 Å². The second-order valence-corrected chi connectivity index (χ2v) is 7.45. The fourth-order valence-electron chi connectivity index (χ4n) is 2.83. The number of benzene rings is 1. The third kappa shape index (κ3) is 5.61. The predicted octanol–water partition coefficient (Wildman–Crippen LogP) is 3.06. The van der Waals surface area contributed by atoms with Crippen molar-refractivity contribution in [2.45, 2.75) is 6.54 Å². The van der Waals surface area contributed by atoms with Crippen LogP contribution < -0.4 is 10.2 Å². The molecule has 0 atom stereocenters. The van der Waals surface area contributed by atoms with E-state index in [2.05, 4.69) is 43.1 Å². The van der Waals surface area contributed by atoms with Crippen molar-refractivity contribution in [3.05, 3.63) is 64.0 Å². The van der Waals surface area contributed by atoms with Gasteiger partial charge in [0, 0.05) is 55.0 Å².